The zero-order valence-corrected chi connectivity index (χ0v) is 15.8. The molecule has 0 fully saturated rings. The molecular weight excluding hydrogens is 360 g/mol. The van der Waals surface area contributed by atoms with Gasteiger partial charge in [0.15, 0.2) is 0 Å². The first-order chi connectivity index (χ1) is 13.6. The van der Waals surface area contributed by atoms with Crippen LogP contribution in [0.5, 0.6) is 0 Å². The highest BCUT2D eigenvalue weighted by molar-refractivity contribution is 5.33. The minimum atomic E-state index is -0.0443. The number of isocyanates is 2. The Morgan fingerprint density at radius 1 is 0.857 bits per heavy atom. The summed E-state index contributed by atoms with van der Waals surface area (Å²) in [6, 6.07) is 15.1. The number of benzene rings is 2. The summed E-state index contributed by atoms with van der Waals surface area (Å²) >= 11 is 0. The summed E-state index contributed by atoms with van der Waals surface area (Å²) in [6.45, 7) is 2.33. The fraction of sp³-hybridized carbons (Fsp3) is 0.333. The van der Waals surface area contributed by atoms with Crippen LogP contribution in [0.4, 0.5) is 0 Å². The second-order valence-electron chi connectivity index (χ2n) is 5.84. The van der Waals surface area contributed by atoms with Gasteiger partial charge in [0.25, 0.3) is 0 Å². The second-order valence-corrected chi connectivity index (χ2v) is 5.84. The Morgan fingerprint density at radius 3 is 1.86 bits per heavy atom. The molecule has 28 heavy (non-hydrogen) atoms. The van der Waals surface area contributed by atoms with Gasteiger partial charge in [-0.05, 0) is 46.2 Å². The lowest BCUT2D eigenvalue weighted by Gasteiger charge is -2.07. The minimum absolute atomic E-state index is 0.0104. The molecule has 0 saturated heterocycles. The van der Waals surface area contributed by atoms with E-state index in [0.717, 1.165) is 12.2 Å². The number of aliphatic hydroxyl groups is 3. The van der Waals surface area contributed by atoms with E-state index in [2.05, 4.69) is 49.4 Å². The van der Waals surface area contributed by atoms with E-state index in [1.807, 2.05) is 0 Å². The monoisotopic (exact) mass is 386 g/mol. The molecule has 0 spiro atoms. The first kappa shape index (κ1) is 25.1. The number of carbonyl (C=O) groups excluding carboxylic acids is 2. The van der Waals surface area contributed by atoms with Crippen molar-refractivity contribution < 1.29 is 24.9 Å². The third-order valence-corrected chi connectivity index (χ3v) is 4.05. The highest BCUT2D eigenvalue weighted by Gasteiger charge is 2.03. The molecule has 0 heterocycles. The molecule has 3 rings (SSSR count). The maximum Gasteiger partial charge on any atom is 0.231 e. The van der Waals surface area contributed by atoms with Crippen LogP contribution in [0.3, 0.4) is 0 Å². The zero-order valence-electron chi connectivity index (χ0n) is 15.8. The first-order valence-corrected chi connectivity index (χ1v) is 8.65. The van der Waals surface area contributed by atoms with Gasteiger partial charge in [-0.25, -0.2) is 20.4 Å². The van der Waals surface area contributed by atoms with E-state index in [4.69, 9.17) is 35.7 Å². The van der Waals surface area contributed by atoms with Crippen molar-refractivity contribution in [3.8, 4) is 0 Å². The summed E-state index contributed by atoms with van der Waals surface area (Å²) in [5, 5.41) is 41.8. The molecule has 0 bridgehead atoms. The fourth-order valence-electron chi connectivity index (χ4n) is 2.74. The summed E-state index contributed by atoms with van der Waals surface area (Å²) in [7, 11) is 0. The standard InChI is InChI=1S/C13H10.C6H14O3.2CHNO/c1-9-5-4-8-12-10-6-2-3-7-11(10)13(9)12;7-3-1-2-6(4-8)5-9;2*2-1-3/h2-8H,1H3;6-9H,1-5H2;2*2H. The van der Waals surface area contributed by atoms with Crippen molar-refractivity contribution in [1.29, 1.82) is 10.8 Å². The van der Waals surface area contributed by atoms with Crippen molar-refractivity contribution >= 4 is 12.2 Å². The van der Waals surface area contributed by atoms with E-state index in [-0.39, 0.29) is 25.7 Å². The highest BCUT2D eigenvalue weighted by atomic mass is 16.3. The van der Waals surface area contributed by atoms with Gasteiger partial charge in [-0.15, -0.1) is 0 Å². The number of nitrogens with one attached hydrogen (secondary N) is 2. The Morgan fingerprint density at radius 2 is 1.36 bits per heavy atom. The van der Waals surface area contributed by atoms with Crippen molar-refractivity contribution in [1.82, 2.24) is 0 Å². The largest absolute Gasteiger partial charge is 0.396 e. The van der Waals surface area contributed by atoms with Gasteiger partial charge < -0.3 is 15.3 Å². The molecule has 0 aliphatic heterocycles. The maximum absolute atomic E-state index is 8.51. The highest BCUT2D eigenvalue weighted by Crippen LogP contribution is 2.15. The van der Waals surface area contributed by atoms with Crippen LogP contribution < -0.4 is 0 Å². The maximum atomic E-state index is 8.51. The van der Waals surface area contributed by atoms with Gasteiger partial charge >= 0.3 is 0 Å². The SMILES string of the molecule is Cc1cccc2c1=c1ccccc1=2.N=C=O.N=C=O.OCCCC(CO)CO. The van der Waals surface area contributed by atoms with E-state index in [9.17, 15) is 0 Å². The van der Waals surface area contributed by atoms with Crippen molar-refractivity contribution in [2.75, 3.05) is 19.8 Å². The third-order valence-electron chi connectivity index (χ3n) is 4.05. The fourth-order valence-corrected chi connectivity index (χ4v) is 2.74. The topological polar surface area (TPSA) is 143 Å². The Bertz CT molecular complexity index is 947. The van der Waals surface area contributed by atoms with Crippen LogP contribution in [-0.4, -0.2) is 47.3 Å². The molecule has 1 aliphatic rings. The summed E-state index contributed by atoms with van der Waals surface area (Å²) in [4.78, 5) is 16.7. The smallest absolute Gasteiger partial charge is 0.231 e. The molecule has 7 heteroatoms. The van der Waals surface area contributed by atoms with Gasteiger partial charge in [0.2, 0.25) is 12.2 Å². The first-order valence-electron chi connectivity index (χ1n) is 8.65. The lowest BCUT2D eigenvalue weighted by molar-refractivity contribution is 0.136. The molecule has 0 atom stereocenters. The van der Waals surface area contributed by atoms with E-state index in [1.165, 1.54) is 26.4 Å². The summed E-state index contributed by atoms with van der Waals surface area (Å²) in [6.07, 6.45) is 2.86. The van der Waals surface area contributed by atoms with Gasteiger partial charge in [-0.1, -0.05) is 42.5 Å². The van der Waals surface area contributed by atoms with Gasteiger partial charge in [0.05, 0.1) is 0 Å². The van der Waals surface area contributed by atoms with Crippen LogP contribution in [0.2, 0.25) is 0 Å². The lowest BCUT2D eigenvalue weighted by Crippen LogP contribution is -2.11. The normalized spacial score (nSPS) is 9.32. The Balaban J connectivity index is 0.000000427. The summed E-state index contributed by atoms with van der Waals surface area (Å²) in [5.74, 6) is -0.0443. The molecule has 0 amide bonds. The Hall–Kier alpha value is -2.92. The number of aliphatic hydroxyl groups excluding tert-OH is 3. The van der Waals surface area contributed by atoms with Crippen LogP contribution in [-0.2, 0) is 9.59 Å². The minimum Gasteiger partial charge on any atom is -0.396 e. The van der Waals surface area contributed by atoms with E-state index < -0.39 is 0 Å². The van der Waals surface area contributed by atoms with E-state index in [1.54, 1.807) is 0 Å². The van der Waals surface area contributed by atoms with Crippen molar-refractivity contribution in [3.63, 3.8) is 0 Å². The molecular formula is C21H26N2O5. The lowest BCUT2D eigenvalue weighted by atomic mass is 9.98. The Labute approximate surface area is 162 Å². The molecule has 7 nitrogen and oxygen atoms in total. The number of hydrogen-bond acceptors (Lipinski definition) is 7. The van der Waals surface area contributed by atoms with Crippen molar-refractivity contribution in [3.05, 3.63) is 68.9 Å². The molecule has 2 aromatic carbocycles. The van der Waals surface area contributed by atoms with E-state index >= 15 is 0 Å². The van der Waals surface area contributed by atoms with Gasteiger partial charge in [0.1, 0.15) is 0 Å². The van der Waals surface area contributed by atoms with Crippen LogP contribution in [0.25, 0.3) is 0 Å². The van der Waals surface area contributed by atoms with Crippen molar-refractivity contribution in [2.45, 2.75) is 19.8 Å². The number of aryl methyl sites for hydroxylation is 1. The van der Waals surface area contributed by atoms with Crippen LogP contribution in [0.15, 0.2) is 42.5 Å². The molecule has 0 saturated carbocycles. The molecule has 5 N–H and O–H groups in total. The number of rotatable bonds is 5. The molecule has 0 unspecified atom stereocenters. The summed E-state index contributed by atoms with van der Waals surface area (Å²) in [5.41, 5.74) is 1.39. The molecule has 0 radical (unpaired) electrons. The predicted molar refractivity (Wildman–Crippen MR) is 104 cm³/mol. The van der Waals surface area contributed by atoms with Crippen LogP contribution >= 0.6 is 0 Å². The van der Waals surface area contributed by atoms with Gasteiger partial charge in [0, 0.05) is 25.7 Å². The second kappa shape index (κ2) is 15.2. The van der Waals surface area contributed by atoms with Gasteiger partial charge in [-0.3, -0.25) is 0 Å². The van der Waals surface area contributed by atoms with E-state index in [0.29, 0.717) is 12.8 Å². The summed E-state index contributed by atoms with van der Waals surface area (Å²) < 4.78 is 0. The van der Waals surface area contributed by atoms with Crippen molar-refractivity contribution in [2.24, 2.45) is 5.92 Å². The number of hydrogen-bond donors (Lipinski definition) is 5. The zero-order chi connectivity index (χ0) is 21.4. The molecule has 150 valence electrons. The molecule has 0 aromatic heterocycles. The van der Waals surface area contributed by atoms with Crippen LogP contribution in [0.1, 0.15) is 18.4 Å². The third kappa shape index (κ3) is 7.76. The average molecular weight is 386 g/mol. The number of fused-ring (bicyclic) bond motifs is 2. The van der Waals surface area contributed by atoms with Crippen LogP contribution in [0, 0.1) is 44.5 Å². The predicted octanol–water partition coefficient (Wildman–Crippen LogP) is 2.04. The Kier molecular flexibility index (Phi) is 13.6. The molecule has 1 aliphatic carbocycles. The molecule has 2 aromatic rings. The quantitative estimate of drug-likeness (QED) is 0.337. The van der Waals surface area contributed by atoms with Gasteiger partial charge in [-0.2, -0.15) is 0 Å². The average Bonchev–Trinajstić information content (AvgIpc) is 2.68.